The maximum absolute atomic E-state index is 13.5. The van der Waals surface area contributed by atoms with Crippen molar-refractivity contribution in [2.24, 2.45) is 0 Å². The van der Waals surface area contributed by atoms with E-state index in [0.29, 0.717) is 12.1 Å². The number of halogens is 1. The molecular formula is C15H18FNOS. The second kappa shape index (κ2) is 6.80. The van der Waals surface area contributed by atoms with E-state index in [9.17, 15) is 9.50 Å². The van der Waals surface area contributed by atoms with Gasteiger partial charge in [-0.15, -0.1) is 11.3 Å². The minimum atomic E-state index is -0.813. The van der Waals surface area contributed by atoms with Crippen molar-refractivity contribution in [2.45, 2.75) is 25.5 Å². The molecule has 0 saturated carbocycles. The minimum absolute atomic E-state index is 0.250. The van der Waals surface area contributed by atoms with Gasteiger partial charge in [0.1, 0.15) is 5.82 Å². The third-order valence-electron chi connectivity index (χ3n) is 3.01. The maximum Gasteiger partial charge on any atom is 0.129 e. The van der Waals surface area contributed by atoms with Crippen LogP contribution in [0, 0.1) is 5.82 Å². The Labute approximate surface area is 116 Å². The molecule has 1 aromatic heterocycles. The molecule has 0 aliphatic carbocycles. The zero-order valence-corrected chi connectivity index (χ0v) is 11.7. The summed E-state index contributed by atoms with van der Waals surface area (Å²) in [5.41, 5.74) is 0.346. The van der Waals surface area contributed by atoms with Gasteiger partial charge in [0.15, 0.2) is 0 Å². The Morgan fingerprint density at radius 3 is 2.74 bits per heavy atom. The van der Waals surface area contributed by atoms with Crippen LogP contribution < -0.4 is 5.32 Å². The first kappa shape index (κ1) is 14.2. The molecule has 2 unspecified atom stereocenters. The molecule has 2 N–H and O–H groups in total. The average molecular weight is 279 g/mol. The van der Waals surface area contributed by atoms with Crippen molar-refractivity contribution in [3.8, 4) is 0 Å². The van der Waals surface area contributed by atoms with Gasteiger partial charge in [-0.05, 0) is 30.9 Å². The predicted molar refractivity (Wildman–Crippen MR) is 76.8 cm³/mol. The Balaban J connectivity index is 1.83. The molecule has 0 saturated heterocycles. The van der Waals surface area contributed by atoms with Crippen molar-refractivity contribution in [1.82, 2.24) is 5.32 Å². The SMILES string of the molecule is CC(Cc1cccs1)NCC(O)c1ccccc1F. The number of rotatable bonds is 6. The van der Waals surface area contributed by atoms with Crippen LogP contribution in [0.2, 0.25) is 0 Å². The van der Waals surface area contributed by atoms with E-state index in [2.05, 4.69) is 23.7 Å². The van der Waals surface area contributed by atoms with Gasteiger partial charge in [0.2, 0.25) is 0 Å². The highest BCUT2D eigenvalue weighted by Crippen LogP contribution is 2.16. The normalized spacial score (nSPS) is 14.3. The van der Waals surface area contributed by atoms with E-state index in [1.165, 1.54) is 10.9 Å². The molecule has 19 heavy (non-hydrogen) atoms. The van der Waals surface area contributed by atoms with Gasteiger partial charge in [-0.1, -0.05) is 24.3 Å². The number of hydrogen-bond acceptors (Lipinski definition) is 3. The molecule has 1 heterocycles. The summed E-state index contributed by atoms with van der Waals surface area (Å²) in [7, 11) is 0. The van der Waals surface area contributed by atoms with E-state index in [0.717, 1.165) is 6.42 Å². The summed E-state index contributed by atoms with van der Waals surface area (Å²) in [6.45, 7) is 2.42. The van der Waals surface area contributed by atoms with Crippen LogP contribution in [0.3, 0.4) is 0 Å². The van der Waals surface area contributed by atoms with Crippen LogP contribution in [0.5, 0.6) is 0 Å². The standard InChI is InChI=1S/C15H18FNOS/c1-11(9-12-5-4-8-19-12)17-10-15(18)13-6-2-3-7-14(13)16/h2-8,11,15,17-18H,9-10H2,1H3. The molecule has 0 aliphatic heterocycles. The van der Waals surface area contributed by atoms with E-state index < -0.39 is 6.10 Å². The quantitative estimate of drug-likeness (QED) is 0.851. The van der Waals surface area contributed by atoms with E-state index >= 15 is 0 Å². The predicted octanol–water partition coefficient (Wildman–Crippen LogP) is 3.14. The molecule has 0 fully saturated rings. The van der Waals surface area contributed by atoms with Crippen LogP contribution >= 0.6 is 11.3 Å². The van der Waals surface area contributed by atoms with Gasteiger partial charge < -0.3 is 10.4 Å². The fourth-order valence-electron chi connectivity index (χ4n) is 1.97. The average Bonchev–Trinajstić information content (AvgIpc) is 2.89. The summed E-state index contributed by atoms with van der Waals surface area (Å²) in [6, 6.07) is 10.7. The molecule has 0 aliphatic rings. The van der Waals surface area contributed by atoms with Crippen LogP contribution in [-0.2, 0) is 6.42 Å². The highest BCUT2D eigenvalue weighted by atomic mass is 32.1. The highest BCUT2D eigenvalue weighted by molar-refractivity contribution is 7.09. The third-order valence-corrected chi connectivity index (χ3v) is 3.91. The number of aliphatic hydroxyl groups is 1. The molecule has 2 aromatic rings. The van der Waals surface area contributed by atoms with Crippen LogP contribution in [0.25, 0.3) is 0 Å². The van der Waals surface area contributed by atoms with Gasteiger partial charge in [0.25, 0.3) is 0 Å². The molecule has 2 nitrogen and oxygen atoms in total. The number of nitrogens with one attached hydrogen (secondary N) is 1. The third kappa shape index (κ3) is 4.13. The second-order valence-corrected chi connectivity index (χ2v) is 5.66. The molecule has 1 aromatic carbocycles. The number of hydrogen-bond donors (Lipinski definition) is 2. The Kier molecular flexibility index (Phi) is 5.07. The topological polar surface area (TPSA) is 32.3 Å². The largest absolute Gasteiger partial charge is 0.387 e. The molecule has 2 atom stereocenters. The molecule has 0 spiro atoms. The van der Waals surface area contributed by atoms with Crippen LogP contribution in [0.1, 0.15) is 23.5 Å². The van der Waals surface area contributed by atoms with Crippen LogP contribution in [0.15, 0.2) is 41.8 Å². The summed E-state index contributed by atoms with van der Waals surface area (Å²) in [6.07, 6.45) is 0.105. The van der Waals surface area contributed by atoms with Crippen LogP contribution in [-0.4, -0.2) is 17.7 Å². The second-order valence-electron chi connectivity index (χ2n) is 4.63. The van der Waals surface area contributed by atoms with Gasteiger partial charge in [-0.25, -0.2) is 4.39 Å². The molecule has 0 amide bonds. The zero-order valence-electron chi connectivity index (χ0n) is 10.8. The summed E-state index contributed by atoms with van der Waals surface area (Å²) >= 11 is 1.72. The molecule has 2 rings (SSSR count). The highest BCUT2D eigenvalue weighted by Gasteiger charge is 2.13. The van der Waals surface area contributed by atoms with Gasteiger partial charge >= 0.3 is 0 Å². The molecule has 0 radical (unpaired) electrons. The summed E-state index contributed by atoms with van der Waals surface area (Å²) in [5, 5.41) is 15.3. The van der Waals surface area contributed by atoms with Gasteiger partial charge in [-0.3, -0.25) is 0 Å². The first-order valence-electron chi connectivity index (χ1n) is 6.35. The van der Waals surface area contributed by atoms with E-state index in [-0.39, 0.29) is 11.9 Å². The Hall–Kier alpha value is -1.23. The Morgan fingerprint density at radius 1 is 1.26 bits per heavy atom. The summed E-state index contributed by atoms with van der Waals surface area (Å²) in [5.74, 6) is -0.359. The minimum Gasteiger partial charge on any atom is -0.387 e. The maximum atomic E-state index is 13.5. The van der Waals surface area contributed by atoms with Crippen molar-refractivity contribution in [1.29, 1.82) is 0 Å². The lowest BCUT2D eigenvalue weighted by Crippen LogP contribution is -2.32. The van der Waals surface area contributed by atoms with Crippen molar-refractivity contribution in [3.05, 3.63) is 58.0 Å². The number of aliphatic hydroxyl groups excluding tert-OH is 1. The smallest absolute Gasteiger partial charge is 0.129 e. The van der Waals surface area contributed by atoms with Crippen molar-refractivity contribution in [2.75, 3.05) is 6.54 Å². The lowest BCUT2D eigenvalue weighted by atomic mass is 10.1. The number of benzene rings is 1. The van der Waals surface area contributed by atoms with Gasteiger partial charge in [0, 0.05) is 23.0 Å². The molecular weight excluding hydrogens is 261 g/mol. The van der Waals surface area contributed by atoms with Gasteiger partial charge in [0.05, 0.1) is 6.10 Å². The fourth-order valence-corrected chi connectivity index (χ4v) is 2.81. The van der Waals surface area contributed by atoms with Crippen molar-refractivity contribution >= 4 is 11.3 Å². The Morgan fingerprint density at radius 2 is 2.05 bits per heavy atom. The van der Waals surface area contributed by atoms with E-state index in [1.54, 1.807) is 29.5 Å². The number of thiophene rings is 1. The van der Waals surface area contributed by atoms with E-state index in [4.69, 9.17) is 0 Å². The molecule has 102 valence electrons. The van der Waals surface area contributed by atoms with Crippen molar-refractivity contribution < 1.29 is 9.50 Å². The lowest BCUT2D eigenvalue weighted by molar-refractivity contribution is 0.166. The van der Waals surface area contributed by atoms with Gasteiger partial charge in [-0.2, -0.15) is 0 Å². The van der Waals surface area contributed by atoms with Crippen molar-refractivity contribution in [3.63, 3.8) is 0 Å². The lowest BCUT2D eigenvalue weighted by Gasteiger charge is -2.17. The summed E-state index contributed by atoms with van der Waals surface area (Å²) in [4.78, 5) is 1.31. The zero-order chi connectivity index (χ0) is 13.7. The summed E-state index contributed by atoms with van der Waals surface area (Å²) < 4.78 is 13.5. The molecule has 0 bridgehead atoms. The Bertz CT molecular complexity index is 501. The first-order valence-corrected chi connectivity index (χ1v) is 7.23. The van der Waals surface area contributed by atoms with Crippen LogP contribution in [0.4, 0.5) is 4.39 Å². The monoisotopic (exact) mass is 279 g/mol. The molecule has 4 heteroatoms. The first-order chi connectivity index (χ1) is 9.16. The van der Waals surface area contributed by atoms with E-state index in [1.807, 2.05) is 6.07 Å². The fraction of sp³-hybridized carbons (Fsp3) is 0.333.